The van der Waals surface area contributed by atoms with E-state index in [9.17, 15) is 9.46 Å². The maximum Gasteiger partial charge on any atom is 0.472 e. The summed E-state index contributed by atoms with van der Waals surface area (Å²) in [5.74, 6) is 0. The number of phosphoric ester groups is 1. The smallest absolute Gasteiger partial charge is 0.302 e. The fraction of sp³-hybridized carbons (Fsp3) is 1.00. The van der Waals surface area contributed by atoms with Crippen molar-refractivity contribution in [2.75, 3.05) is 6.61 Å². The second-order valence-electron chi connectivity index (χ2n) is 4.22. The predicted molar refractivity (Wildman–Crippen MR) is 65.4 cm³/mol. The fourth-order valence-corrected chi connectivity index (χ4v) is 2.31. The van der Waals surface area contributed by atoms with Crippen molar-refractivity contribution in [2.45, 2.75) is 65.4 Å². The van der Waals surface area contributed by atoms with Gasteiger partial charge in [0.15, 0.2) is 0 Å². The van der Waals surface area contributed by atoms with Gasteiger partial charge in [-0.25, -0.2) is 4.57 Å². The van der Waals surface area contributed by atoms with Crippen molar-refractivity contribution < 1.29 is 18.5 Å². The zero-order valence-electron chi connectivity index (χ0n) is 10.6. The minimum atomic E-state index is -3.81. The molecule has 0 bridgehead atoms. The topological polar surface area (TPSA) is 55.8 Å². The highest BCUT2D eigenvalue weighted by atomic mass is 31.2. The van der Waals surface area contributed by atoms with Gasteiger partial charge in [-0.1, -0.05) is 39.0 Å². The summed E-state index contributed by atoms with van der Waals surface area (Å²) in [6.07, 6.45) is 6.45. The number of unbranched alkanes of at least 4 members (excludes halogenated alkanes) is 5. The molecule has 1 atom stereocenters. The molecule has 0 aromatic carbocycles. The van der Waals surface area contributed by atoms with E-state index >= 15 is 0 Å². The van der Waals surface area contributed by atoms with E-state index in [1.165, 1.54) is 19.3 Å². The Bertz CT molecular complexity index is 206. The first kappa shape index (κ1) is 16.1. The van der Waals surface area contributed by atoms with E-state index in [-0.39, 0.29) is 6.10 Å². The molecular formula is C11H25O4P. The van der Waals surface area contributed by atoms with Crippen molar-refractivity contribution in [1.82, 2.24) is 0 Å². The molecule has 1 N–H and O–H groups in total. The summed E-state index contributed by atoms with van der Waals surface area (Å²) in [6, 6.07) is 0. The molecule has 0 saturated heterocycles. The second kappa shape index (κ2) is 9.17. The van der Waals surface area contributed by atoms with Crippen molar-refractivity contribution >= 4 is 7.82 Å². The highest BCUT2D eigenvalue weighted by molar-refractivity contribution is 7.47. The van der Waals surface area contributed by atoms with Crippen molar-refractivity contribution in [1.29, 1.82) is 0 Å². The molecule has 4 nitrogen and oxygen atoms in total. The van der Waals surface area contributed by atoms with Crippen LogP contribution in [0.3, 0.4) is 0 Å². The van der Waals surface area contributed by atoms with E-state index in [2.05, 4.69) is 6.92 Å². The number of hydrogen-bond acceptors (Lipinski definition) is 3. The van der Waals surface area contributed by atoms with Crippen LogP contribution in [0, 0.1) is 0 Å². The van der Waals surface area contributed by atoms with Crippen molar-refractivity contribution in [3.8, 4) is 0 Å². The number of rotatable bonds is 10. The highest BCUT2D eigenvalue weighted by Crippen LogP contribution is 2.44. The van der Waals surface area contributed by atoms with E-state index in [4.69, 9.17) is 9.05 Å². The van der Waals surface area contributed by atoms with Crippen LogP contribution < -0.4 is 0 Å². The van der Waals surface area contributed by atoms with Crippen LogP contribution in [-0.4, -0.2) is 17.6 Å². The van der Waals surface area contributed by atoms with Crippen LogP contribution in [-0.2, 0) is 13.6 Å². The molecule has 16 heavy (non-hydrogen) atoms. The second-order valence-corrected chi connectivity index (χ2v) is 5.63. The van der Waals surface area contributed by atoms with Gasteiger partial charge in [0.25, 0.3) is 0 Å². The molecule has 5 heteroatoms. The Morgan fingerprint density at radius 1 is 1.12 bits per heavy atom. The van der Waals surface area contributed by atoms with Crippen LogP contribution in [0.2, 0.25) is 0 Å². The van der Waals surface area contributed by atoms with Gasteiger partial charge >= 0.3 is 7.82 Å². The van der Waals surface area contributed by atoms with Crippen LogP contribution >= 0.6 is 7.82 Å². The van der Waals surface area contributed by atoms with Crippen LogP contribution in [0.4, 0.5) is 0 Å². The molecule has 0 aromatic heterocycles. The fourth-order valence-electron chi connectivity index (χ4n) is 1.36. The zero-order valence-corrected chi connectivity index (χ0v) is 11.5. The van der Waals surface area contributed by atoms with Gasteiger partial charge in [-0.2, -0.15) is 0 Å². The van der Waals surface area contributed by atoms with Gasteiger partial charge in [-0.15, -0.1) is 0 Å². The molecule has 0 aliphatic rings. The molecule has 0 amide bonds. The summed E-state index contributed by atoms with van der Waals surface area (Å²) in [5.41, 5.74) is 0. The molecule has 0 aromatic rings. The van der Waals surface area contributed by atoms with Gasteiger partial charge in [0.05, 0.1) is 12.7 Å². The molecule has 0 rings (SSSR count). The van der Waals surface area contributed by atoms with Crippen molar-refractivity contribution in [2.24, 2.45) is 0 Å². The Balaban J connectivity index is 3.40. The minimum absolute atomic E-state index is 0.291. The molecule has 98 valence electrons. The standard InChI is InChI=1S/C11H25O4P/c1-4-5-6-7-8-9-10-14-16(12,13)15-11(2)3/h11H,4-10H2,1-3H3,(H,12,13). The van der Waals surface area contributed by atoms with Gasteiger partial charge in [-0.05, 0) is 20.3 Å². The largest absolute Gasteiger partial charge is 0.472 e. The summed E-state index contributed by atoms with van der Waals surface area (Å²) in [7, 11) is -3.81. The van der Waals surface area contributed by atoms with E-state index < -0.39 is 7.82 Å². The van der Waals surface area contributed by atoms with Crippen LogP contribution in [0.5, 0.6) is 0 Å². The summed E-state index contributed by atoms with van der Waals surface area (Å²) in [6.45, 7) is 5.88. The monoisotopic (exact) mass is 252 g/mol. The van der Waals surface area contributed by atoms with Gasteiger partial charge < -0.3 is 4.89 Å². The lowest BCUT2D eigenvalue weighted by Gasteiger charge is -2.14. The predicted octanol–water partition coefficient (Wildman–Crippen LogP) is 3.89. The third-order valence-corrected chi connectivity index (χ3v) is 3.29. The minimum Gasteiger partial charge on any atom is -0.302 e. The summed E-state index contributed by atoms with van der Waals surface area (Å²) < 4.78 is 20.9. The molecule has 0 spiro atoms. The molecule has 1 unspecified atom stereocenters. The summed E-state index contributed by atoms with van der Waals surface area (Å²) >= 11 is 0. The van der Waals surface area contributed by atoms with Crippen LogP contribution in [0.1, 0.15) is 59.3 Å². The average molecular weight is 252 g/mol. The van der Waals surface area contributed by atoms with Gasteiger partial charge in [0.2, 0.25) is 0 Å². The maximum atomic E-state index is 11.3. The molecule has 0 aliphatic carbocycles. The van der Waals surface area contributed by atoms with E-state index in [1.54, 1.807) is 13.8 Å². The van der Waals surface area contributed by atoms with Crippen LogP contribution in [0.15, 0.2) is 0 Å². The van der Waals surface area contributed by atoms with Gasteiger partial charge in [0.1, 0.15) is 0 Å². The highest BCUT2D eigenvalue weighted by Gasteiger charge is 2.21. The Hall–Kier alpha value is 0.110. The maximum absolute atomic E-state index is 11.3. The van der Waals surface area contributed by atoms with Crippen molar-refractivity contribution in [3.63, 3.8) is 0 Å². The first-order chi connectivity index (χ1) is 7.48. The Labute approximate surface area is 99.0 Å². The molecule has 0 aliphatic heterocycles. The summed E-state index contributed by atoms with van der Waals surface area (Å²) in [5, 5.41) is 0. The van der Waals surface area contributed by atoms with Gasteiger partial charge in [0, 0.05) is 0 Å². The van der Waals surface area contributed by atoms with Gasteiger partial charge in [-0.3, -0.25) is 9.05 Å². The number of phosphoric acid groups is 1. The zero-order chi connectivity index (χ0) is 12.4. The SMILES string of the molecule is CCCCCCCCOP(=O)(O)OC(C)C. The molecule has 0 radical (unpaired) electrons. The first-order valence-corrected chi connectivity index (χ1v) is 7.63. The average Bonchev–Trinajstić information content (AvgIpc) is 2.14. The lowest BCUT2D eigenvalue weighted by molar-refractivity contribution is 0.119. The summed E-state index contributed by atoms with van der Waals surface area (Å²) in [4.78, 5) is 9.24. The van der Waals surface area contributed by atoms with Crippen molar-refractivity contribution in [3.05, 3.63) is 0 Å². The quantitative estimate of drug-likeness (QED) is 0.473. The van der Waals surface area contributed by atoms with E-state index in [0.717, 1.165) is 19.3 Å². The van der Waals surface area contributed by atoms with E-state index in [1.807, 2.05) is 0 Å². The van der Waals surface area contributed by atoms with Crippen LogP contribution in [0.25, 0.3) is 0 Å². The Morgan fingerprint density at radius 3 is 2.25 bits per heavy atom. The third-order valence-electron chi connectivity index (χ3n) is 2.10. The molecule has 0 heterocycles. The lowest BCUT2D eigenvalue weighted by Crippen LogP contribution is -2.03. The molecule has 0 saturated carbocycles. The normalized spacial score (nSPS) is 15.3. The number of hydrogen-bond donors (Lipinski definition) is 1. The third kappa shape index (κ3) is 10.6. The molecule has 0 fully saturated rings. The first-order valence-electron chi connectivity index (χ1n) is 6.13. The molecular weight excluding hydrogens is 227 g/mol. The van der Waals surface area contributed by atoms with E-state index in [0.29, 0.717) is 6.61 Å². The lowest BCUT2D eigenvalue weighted by atomic mass is 10.1. The Morgan fingerprint density at radius 2 is 1.69 bits per heavy atom. The Kier molecular flexibility index (Phi) is 9.24.